The Labute approximate surface area is 136 Å². The molecular weight excluding hydrogens is 312 g/mol. The van der Waals surface area contributed by atoms with Crippen molar-refractivity contribution in [3.63, 3.8) is 0 Å². The minimum atomic E-state index is -0.543. The predicted molar refractivity (Wildman–Crippen MR) is 87.2 cm³/mol. The molecule has 0 bridgehead atoms. The lowest BCUT2D eigenvalue weighted by Gasteiger charge is -2.09. The van der Waals surface area contributed by atoms with Crippen LogP contribution >= 0.6 is 0 Å². The smallest absolute Gasteiger partial charge is 0.419 e. The van der Waals surface area contributed by atoms with E-state index in [0.29, 0.717) is 22.4 Å². The molecule has 3 aromatic rings. The molecule has 0 radical (unpaired) electrons. The van der Waals surface area contributed by atoms with Crippen molar-refractivity contribution in [1.82, 2.24) is 4.57 Å². The SMILES string of the molecule is COC(=O)c1ccccc1NC(=O)c1ccc2oc(=O)n(C)c2c1. The standard InChI is InChI=1S/C17H14N2O5/c1-19-13-9-10(7-8-14(13)24-17(19)22)15(20)18-12-6-4-3-5-11(12)16(21)23-2/h3-9H,1-2H3,(H,18,20). The molecule has 3 rings (SSSR count). The van der Waals surface area contributed by atoms with Gasteiger partial charge in [-0.15, -0.1) is 0 Å². The summed E-state index contributed by atoms with van der Waals surface area (Å²) in [4.78, 5) is 35.7. The second kappa shape index (κ2) is 6.04. The first-order valence-electron chi connectivity index (χ1n) is 7.09. The fraction of sp³-hybridized carbons (Fsp3) is 0.118. The van der Waals surface area contributed by atoms with E-state index in [1.54, 1.807) is 49.5 Å². The third-order valence-corrected chi connectivity index (χ3v) is 3.63. The van der Waals surface area contributed by atoms with Crippen LogP contribution in [0.1, 0.15) is 20.7 Å². The van der Waals surface area contributed by atoms with Crippen molar-refractivity contribution in [2.45, 2.75) is 0 Å². The summed E-state index contributed by atoms with van der Waals surface area (Å²) in [7, 11) is 2.83. The topological polar surface area (TPSA) is 90.5 Å². The van der Waals surface area contributed by atoms with Crippen LogP contribution in [-0.2, 0) is 11.8 Å². The van der Waals surface area contributed by atoms with Gasteiger partial charge in [-0.2, -0.15) is 0 Å². The number of benzene rings is 2. The van der Waals surface area contributed by atoms with Gasteiger partial charge in [0.05, 0.1) is 23.9 Å². The molecule has 0 spiro atoms. The number of oxazole rings is 1. The zero-order chi connectivity index (χ0) is 17.3. The Balaban J connectivity index is 1.95. The second-order valence-electron chi connectivity index (χ2n) is 5.10. The first-order chi connectivity index (χ1) is 11.5. The average molecular weight is 326 g/mol. The summed E-state index contributed by atoms with van der Waals surface area (Å²) < 4.78 is 11.0. The fourth-order valence-corrected chi connectivity index (χ4v) is 2.34. The summed E-state index contributed by atoms with van der Waals surface area (Å²) in [6.45, 7) is 0. The van der Waals surface area contributed by atoms with Crippen molar-refractivity contribution in [2.24, 2.45) is 7.05 Å². The van der Waals surface area contributed by atoms with E-state index < -0.39 is 17.6 Å². The van der Waals surface area contributed by atoms with Gasteiger partial charge in [-0.25, -0.2) is 9.59 Å². The first-order valence-corrected chi connectivity index (χ1v) is 7.09. The van der Waals surface area contributed by atoms with Crippen LogP contribution in [0.3, 0.4) is 0 Å². The van der Waals surface area contributed by atoms with Crippen molar-refractivity contribution in [3.05, 3.63) is 64.1 Å². The monoisotopic (exact) mass is 326 g/mol. The van der Waals surface area contributed by atoms with Gasteiger partial charge in [0.1, 0.15) is 0 Å². The lowest BCUT2D eigenvalue weighted by Crippen LogP contribution is -2.15. The maximum absolute atomic E-state index is 12.5. The highest BCUT2D eigenvalue weighted by molar-refractivity contribution is 6.09. The third-order valence-electron chi connectivity index (χ3n) is 3.63. The number of nitrogens with one attached hydrogen (secondary N) is 1. The van der Waals surface area contributed by atoms with Crippen molar-refractivity contribution >= 4 is 28.7 Å². The van der Waals surface area contributed by atoms with Crippen LogP contribution in [0.15, 0.2) is 51.7 Å². The summed E-state index contributed by atoms with van der Waals surface area (Å²) in [5.74, 6) is -1.46. The number of methoxy groups -OCH3 is 1. The van der Waals surface area contributed by atoms with Crippen LogP contribution in [0.2, 0.25) is 0 Å². The number of esters is 1. The highest BCUT2D eigenvalue weighted by atomic mass is 16.5. The molecule has 7 nitrogen and oxygen atoms in total. The van der Waals surface area contributed by atoms with Crippen LogP contribution < -0.4 is 11.1 Å². The van der Waals surface area contributed by atoms with E-state index in [0.717, 1.165) is 0 Å². The Morgan fingerprint density at radius 3 is 2.67 bits per heavy atom. The molecule has 1 aromatic heterocycles. The van der Waals surface area contributed by atoms with Gasteiger partial charge in [-0.3, -0.25) is 9.36 Å². The van der Waals surface area contributed by atoms with Crippen LogP contribution in [-0.4, -0.2) is 23.6 Å². The fourth-order valence-electron chi connectivity index (χ4n) is 2.34. The minimum absolute atomic E-state index is 0.255. The van der Waals surface area contributed by atoms with E-state index >= 15 is 0 Å². The molecule has 1 N–H and O–H groups in total. The van der Waals surface area contributed by atoms with Crippen LogP contribution in [0.25, 0.3) is 11.1 Å². The quantitative estimate of drug-likeness (QED) is 0.745. The van der Waals surface area contributed by atoms with Crippen LogP contribution in [0.4, 0.5) is 5.69 Å². The number of amides is 1. The zero-order valence-corrected chi connectivity index (χ0v) is 13.0. The number of aromatic nitrogens is 1. The van der Waals surface area contributed by atoms with E-state index in [2.05, 4.69) is 5.32 Å². The molecule has 2 aromatic carbocycles. The molecule has 0 aliphatic rings. The minimum Gasteiger partial charge on any atom is -0.465 e. The molecule has 0 saturated carbocycles. The number of carbonyl (C=O) groups is 2. The van der Waals surface area contributed by atoms with E-state index in [4.69, 9.17) is 9.15 Å². The van der Waals surface area contributed by atoms with Crippen molar-refractivity contribution < 1.29 is 18.7 Å². The number of rotatable bonds is 3. The number of aryl methyl sites for hydroxylation is 1. The van der Waals surface area contributed by atoms with Gasteiger partial charge in [-0.1, -0.05) is 12.1 Å². The molecule has 122 valence electrons. The lowest BCUT2D eigenvalue weighted by molar-refractivity contribution is 0.0602. The number of anilines is 1. The molecule has 0 unspecified atom stereocenters. The molecule has 1 heterocycles. The summed E-state index contributed by atoms with van der Waals surface area (Å²) in [5.41, 5.74) is 1.84. The zero-order valence-electron chi connectivity index (χ0n) is 13.0. The number of nitrogens with zero attached hydrogens (tertiary/aromatic N) is 1. The van der Waals surface area contributed by atoms with Crippen molar-refractivity contribution in [2.75, 3.05) is 12.4 Å². The van der Waals surface area contributed by atoms with Crippen molar-refractivity contribution in [3.8, 4) is 0 Å². The Morgan fingerprint density at radius 2 is 1.92 bits per heavy atom. The van der Waals surface area contributed by atoms with Crippen LogP contribution in [0, 0.1) is 0 Å². The molecule has 0 fully saturated rings. The van der Waals surface area contributed by atoms with E-state index in [1.807, 2.05) is 0 Å². The van der Waals surface area contributed by atoms with Gasteiger partial charge in [-0.05, 0) is 30.3 Å². The summed E-state index contributed by atoms with van der Waals surface area (Å²) in [5, 5.41) is 2.68. The second-order valence-corrected chi connectivity index (χ2v) is 5.10. The van der Waals surface area contributed by atoms with E-state index in [-0.39, 0.29) is 5.56 Å². The first kappa shape index (κ1) is 15.5. The molecule has 7 heteroatoms. The Morgan fingerprint density at radius 1 is 1.17 bits per heavy atom. The lowest BCUT2D eigenvalue weighted by atomic mass is 10.1. The summed E-state index contributed by atoms with van der Waals surface area (Å²) >= 11 is 0. The largest absolute Gasteiger partial charge is 0.465 e. The Bertz CT molecular complexity index is 1000. The molecule has 0 aliphatic carbocycles. The normalized spacial score (nSPS) is 10.6. The molecule has 0 aliphatic heterocycles. The predicted octanol–water partition coefficient (Wildman–Crippen LogP) is 2.17. The highest BCUT2D eigenvalue weighted by Gasteiger charge is 2.15. The van der Waals surface area contributed by atoms with Gasteiger partial charge >= 0.3 is 11.7 Å². The highest BCUT2D eigenvalue weighted by Crippen LogP contribution is 2.19. The molecule has 0 atom stereocenters. The third kappa shape index (κ3) is 2.67. The summed E-state index contributed by atoms with van der Waals surface area (Å²) in [6, 6.07) is 11.2. The van der Waals surface area contributed by atoms with Gasteiger partial charge in [0, 0.05) is 12.6 Å². The average Bonchev–Trinajstić information content (AvgIpc) is 2.88. The summed E-state index contributed by atoms with van der Waals surface area (Å²) in [6.07, 6.45) is 0. The van der Waals surface area contributed by atoms with Gasteiger partial charge in [0.25, 0.3) is 5.91 Å². The molecule has 24 heavy (non-hydrogen) atoms. The van der Waals surface area contributed by atoms with Gasteiger partial charge < -0.3 is 14.5 Å². The van der Waals surface area contributed by atoms with E-state index in [1.165, 1.54) is 11.7 Å². The Kier molecular flexibility index (Phi) is 3.91. The maximum Gasteiger partial charge on any atom is 0.419 e. The maximum atomic E-state index is 12.5. The van der Waals surface area contributed by atoms with E-state index in [9.17, 15) is 14.4 Å². The van der Waals surface area contributed by atoms with Crippen molar-refractivity contribution in [1.29, 1.82) is 0 Å². The Hall–Kier alpha value is -3.35. The number of fused-ring (bicyclic) bond motifs is 1. The van der Waals surface area contributed by atoms with Crippen LogP contribution in [0.5, 0.6) is 0 Å². The number of carbonyl (C=O) groups excluding carboxylic acids is 2. The number of hydrogen-bond acceptors (Lipinski definition) is 5. The number of hydrogen-bond donors (Lipinski definition) is 1. The number of ether oxygens (including phenoxy) is 1. The van der Waals surface area contributed by atoms with Gasteiger partial charge in [0.2, 0.25) is 0 Å². The van der Waals surface area contributed by atoms with Gasteiger partial charge in [0.15, 0.2) is 5.58 Å². The molecule has 0 saturated heterocycles. The molecular formula is C17H14N2O5. The molecule has 1 amide bonds. The number of para-hydroxylation sites is 1.